The Morgan fingerprint density at radius 3 is 2.90 bits per heavy atom. The molecule has 0 saturated carbocycles. The lowest BCUT2D eigenvalue weighted by Gasteiger charge is -1.78. The molecule has 0 atom stereocenters. The van der Waals surface area contributed by atoms with Crippen LogP contribution in [0.5, 0.6) is 5.75 Å². The Labute approximate surface area is 75.9 Å². The zero-order valence-corrected chi connectivity index (χ0v) is 7.20. The van der Waals surface area contributed by atoms with Gasteiger partial charge in [-0.1, -0.05) is 0 Å². The smallest absolute Gasteiger partial charge is 0.370 e. The van der Waals surface area contributed by atoms with E-state index in [2.05, 4.69) is 11.4 Å². The Morgan fingerprint density at radius 2 is 2.10 bits per heavy atom. The van der Waals surface area contributed by atoms with Crippen molar-refractivity contribution in [2.24, 2.45) is 4.99 Å². The zero-order valence-electron chi connectivity index (χ0n) is 5.04. The van der Waals surface area contributed by atoms with Crippen LogP contribution in [0.1, 0.15) is 0 Å². The summed E-state index contributed by atoms with van der Waals surface area (Å²) < 4.78 is 4.88. The molecule has 0 unspecified atom stereocenters. The van der Waals surface area contributed by atoms with Crippen molar-refractivity contribution in [1.82, 2.24) is 0 Å². The minimum Gasteiger partial charge on any atom is -1.00 e. The third kappa shape index (κ3) is 1.10. The molecule has 0 bridgehead atoms. The van der Waals surface area contributed by atoms with Gasteiger partial charge in [0.1, 0.15) is 0 Å². The number of benzene rings is 1. The summed E-state index contributed by atoms with van der Waals surface area (Å²) >= 11 is 0. The number of rotatable bonds is 0. The molecule has 0 saturated heterocycles. The van der Waals surface area contributed by atoms with Crippen LogP contribution in [0.3, 0.4) is 0 Å². The van der Waals surface area contributed by atoms with Gasteiger partial charge >= 0.3 is 12.2 Å². The monoisotopic (exact) mass is 245 g/mol. The SMILES string of the molecule is [C+]1=Nc2ccccc2O1.[I-]. The van der Waals surface area contributed by atoms with Crippen molar-refractivity contribution in [2.45, 2.75) is 0 Å². The molecule has 3 heteroatoms. The van der Waals surface area contributed by atoms with E-state index in [-0.39, 0.29) is 24.0 Å². The average molecular weight is 245 g/mol. The second kappa shape index (κ2) is 2.94. The maximum absolute atomic E-state index is 4.88. The number of hydrogen-bond acceptors (Lipinski definition) is 2. The molecule has 2 nitrogen and oxygen atoms in total. The van der Waals surface area contributed by atoms with Crippen molar-refractivity contribution < 1.29 is 28.7 Å². The Morgan fingerprint density at radius 1 is 1.30 bits per heavy atom. The summed E-state index contributed by atoms with van der Waals surface area (Å²) in [6.07, 6.45) is 2.41. The number of aliphatic imine (C=N–C) groups is 1. The van der Waals surface area contributed by atoms with Crippen LogP contribution in [0.15, 0.2) is 29.3 Å². The van der Waals surface area contributed by atoms with E-state index in [1.54, 1.807) is 0 Å². The molecule has 0 aliphatic carbocycles. The van der Waals surface area contributed by atoms with Crippen LogP contribution in [0.2, 0.25) is 0 Å². The van der Waals surface area contributed by atoms with E-state index in [4.69, 9.17) is 4.74 Å². The standard InChI is InChI=1S/C7H4NO.HI/c1-2-4-7-6(3-1)8-5-9-7;/h1-4H;1H/q+1;/p-1. The summed E-state index contributed by atoms with van der Waals surface area (Å²) in [6.45, 7) is 0. The third-order valence-corrected chi connectivity index (χ3v) is 1.19. The third-order valence-electron chi connectivity index (χ3n) is 1.19. The zero-order chi connectivity index (χ0) is 6.10. The highest BCUT2D eigenvalue weighted by molar-refractivity contribution is 5.70. The van der Waals surface area contributed by atoms with Gasteiger partial charge in [0.2, 0.25) is 0 Å². The fourth-order valence-corrected chi connectivity index (χ4v) is 0.757. The molecule has 1 aromatic carbocycles. The minimum absolute atomic E-state index is 0. The van der Waals surface area contributed by atoms with Crippen LogP contribution < -0.4 is 28.7 Å². The van der Waals surface area contributed by atoms with Gasteiger partial charge in [-0.2, -0.15) is 0 Å². The molecular weight excluding hydrogens is 241 g/mol. The van der Waals surface area contributed by atoms with Crippen molar-refractivity contribution in [1.29, 1.82) is 0 Å². The number of fused-ring (bicyclic) bond motifs is 1. The summed E-state index contributed by atoms with van der Waals surface area (Å²) in [5.41, 5.74) is 0.859. The van der Waals surface area contributed by atoms with E-state index < -0.39 is 0 Å². The lowest BCUT2D eigenvalue weighted by molar-refractivity contribution is -0.00000220. The number of hydrogen-bond donors (Lipinski definition) is 0. The Kier molecular flexibility index (Phi) is 2.19. The van der Waals surface area contributed by atoms with E-state index in [1.807, 2.05) is 24.3 Å². The first-order valence-electron chi connectivity index (χ1n) is 2.68. The normalized spacial score (nSPS) is 10.8. The number of nitrogens with zero attached hydrogens (tertiary/aromatic N) is 1. The van der Waals surface area contributed by atoms with Crippen LogP contribution in [0.4, 0.5) is 5.69 Å². The molecule has 0 radical (unpaired) electrons. The second-order valence-corrected chi connectivity index (χ2v) is 1.77. The Hall–Kier alpha value is -0.670. The van der Waals surface area contributed by atoms with Gasteiger partial charge in [-0.05, 0) is 17.1 Å². The minimum atomic E-state index is 0. The van der Waals surface area contributed by atoms with Gasteiger partial charge in [0, 0.05) is 6.07 Å². The van der Waals surface area contributed by atoms with E-state index in [0.717, 1.165) is 11.4 Å². The van der Waals surface area contributed by atoms with Crippen molar-refractivity contribution in [2.75, 3.05) is 0 Å². The quantitative estimate of drug-likeness (QED) is 0.408. The van der Waals surface area contributed by atoms with E-state index in [0.29, 0.717) is 0 Å². The largest absolute Gasteiger partial charge is 1.00 e. The summed E-state index contributed by atoms with van der Waals surface area (Å²) in [4.78, 5) is 3.83. The van der Waals surface area contributed by atoms with Gasteiger partial charge in [0.15, 0.2) is 0 Å². The van der Waals surface area contributed by atoms with E-state index >= 15 is 0 Å². The first-order chi connectivity index (χ1) is 4.47. The molecular formula is C7H4INO. The van der Waals surface area contributed by atoms with Crippen LogP contribution in [-0.4, -0.2) is 6.40 Å². The van der Waals surface area contributed by atoms with Crippen LogP contribution in [0, 0.1) is 0 Å². The van der Waals surface area contributed by atoms with Crippen molar-refractivity contribution in [3.63, 3.8) is 0 Å². The van der Waals surface area contributed by atoms with Crippen LogP contribution in [-0.2, 0) is 0 Å². The highest BCUT2D eigenvalue weighted by Crippen LogP contribution is 2.29. The molecule has 1 aliphatic rings. The van der Waals surface area contributed by atoms with Crippen molar-refractivity contribution in [3.05, 3.63) is 24.3 Å². The first kappa shape index (κ1) is 7.44. The molecule has 1 heterocycles. The highest BCUT2D eigenvalue weighted by atomic mass is 127. The van der Waals surface area contributed by atoms with E-state index in [9.17, 15) is 0 Å². The molecule has 0 spiro atoms. The fourth-order valence-electron chi connectivity index (χ4n) is 0.757. The summed E-state index contributed by atoms with van der Waals surface area (Å²) in [7, 11) is 0. The summed E-state index contributed by atoms with van der Waals surface area (Å²) in [5, 5.41) is 0. The predicted molar refractivity (Wildman–Crippen MR) is 34.2 cm³/mol. The number of para-hydroxylation sites is 2. The van der Waals surface area contributed by atoms with Gasteiger partial charge in [-0.15, -0.1) is 0 Å². The Bertz CT molecular complexity index is 260. The van der Waals surface area contributed by atoms with Crippen molar-refractivity contribution >= 4 is 12.1 Å². The first-order valence-corrected chi connectivity index (χ1v) is 2.68. The van der Waals surface area contributed by atoms with Crippen LogP contribution >= 0.6 is 0 Å². The molecule has 0 N–H and O–H groups in total. The van der Waals surface area contributed by atoms with Gasteiger partial charge in [0.25, 0.3) is 5.69 Å². The lowest BCUT2D eigenvalue weighted by atomic mass is 10.3. The molecule has 50 valence electrons. The lowest BCUT2D eigenvalue weighted by Crippen LogP contribution is -3.00. The van der Waals surface area contributed by atoms with Gasteiger partial charge < -0.3 is 24.0 Å². The molecule has 0 amide bonds. The molecule has 1 aromatic rings. The number of ether oxygens (including phenoxy) is 1. The molecule has 0 aromatic heterocycles. The van der Waals surface area contributed by atoms with Gasteiger partial charge in [0.05, 0.1) is 6.07 Å². The predicted octanol–water partition coefficient (Wildman–Crippen LogP) is -1.38. The average Bonchev–Trinajstić information content (AvgIpc) is 2.33. The summed E-state index contributed by atoms with van der Waals surface area (Å²) in [5.74, 6) is 0.789. The maximum atomic E-state index is 4.88. The van der Waals surface area contributed by atoms with E-state index in [1.165, 1.54) is 0 Å². The number of halogens is 1. The molecule has 0 fully saturated rings. The van der Waals surface area contributed by atoms with Crippen LogP contribution in [0.25, 0.3) is 0 Å². The topological polar surface area (TPSA) is 21.6 Å². The van der Waals surface area contributed by atoms with Crippen molar-refractivity contribution in [3.8, 4) is 5.75 Å². The van der Waals surface area contributed by atoms with Gasteiger partial charge in [-0.25, -0.2) is 0 Å². The Balaban J connectivity index is 0.000000500. The second-order valence-electron chi connectivity index (χ2n) is 1.77. The van der Waals surface area contributed by atoms with Gasteiger partial charge in [-0.3, -0.25) is 4.74 Å². The molecule has 1 aliphatic heterocycles. The molecule has 10 heavy (non-hydrogen) atoms. The molecule has 2 rings (SSSR count). The highest BCUT2D eigenvalue weighted by Gasteiger charge is 2.18. The summed E-state index contributed by atoms with van der Waals surface area (Å²) in [6, 6.07) is 7.56. The fraction of sp³-hybridized carbons (Fsp3) is 0. The maximum Gasteiger partial charge on any atom is 0.370 e.